The van der Waals surface area contributed by atoms with Gasteiger partial charge in [-0.3, -0.25) is 4.98 Å². The lowest BCUT2D eigenvalue weighted by Crippen LogP contribution is -2.10. The standard InChI is InChI=1S/C32H32F2N4/c1-7-8-23(11-20(2)3)30-15-24-14-25(17-36-31(24)38-30)28-10-9-22(13-29(28)33)12-21(4)37-27-16-26(18-35-19-27)32(5,6)34/h7-11,13-19,37H,1,4,12H2,2-3,5-6H3,(H,36,38)/b23-8+. The molecule has 0 unspecified atom stereocenters. The summed E-state index contributed by atoms with van der Waals surface area (Å²) >= 11 is 0. The van der Waals surface area contributed by atoms with Gasteiger partial charge in [0.2, 0.25) is 0 Å². The van der Waals surface area contributed by atoms with E-state index in [2.05, 4.69) is 39.5 Å². The van der Waals surface area contributed by atoms with E-state index in [1.54, 1.807) is 30.6 Å². The molecule has 3 heterocycles. The average Bonchev–Trinajstić information content (AvgIpc) is 3.27. The second kappa shape index (κ2) is 11.0. The summed E-state index contributed by atoms with van der Waals surface area (Å²) in [5.74, 6) is -0.341. The monoisotopic (exact) mass is 510 g/mol. The van der Waals surface area contributed by atoms with Crippen molar-refractivity contribution >= 4 is 22.3 Å². The Morgan fingerprint density at radius 2 is 1.89 bits per heavy atom. The minimum atomic E-state index is -1.50. The Balaban J connectivity index is 1.53. The highest BCUT2D eigenvalue weighted by molar-refractivity contribution is 5.87. The molecule has 0 bridgehead atoms. The third kappa shape index (κ3) is 6.32. The number of anilines is 1. The largest absolute Gasteiger partial charge is 0.358 e. The first-order valence-corrected chi connectivity index (χ1v) is 12.4. The summed E-state index contributed by atoms with van der Waals surface area (Å²) in [6.07, 6.45) is 10.9. The van der Waals surface area contributed by atoms with Gasteiger partial charge in [-0.25, -0.2) is 13.8 Å². The first-order chi connectivity index (χ1) is 18.0. The van der Waals surface area contributed by atoms with Crippen molar-refractivity contribution in [2.45, 2.75) is 39.8 Å². The van der Waals surface area contributed by atoms with Crippen LogP contribution in [0.3, 0.4) is 0 Å². The van der Waals surface area contributed by atoms with Gasteiger partial charge in [0.25, 0.3) is 0 Å². The Hall–Kier alpha value is -4.32. The van der Waals surface area contributed by atoms with Crippen LogP contribution in [0, 0.1) is 5.82 Å². The Labute approximate surface area is 222 Å². The van der Waals surface area contributed by atoms with E-state index in [-0.39, 0.29) is 5.82 Å². The van der Waals surface area contributed by atoms with Gasteiger partial charge in [-0.15, -0.1) is 0 Å². The summed E-state index contributed by atoms with van der Waals surface area (Å²) in [5.41, 5.74) is 5.99. The summed E-state index contributed by atoms with van der Waals surface area (Å²) in [6.45, 7) is 14.9. The summed E-state index contributed by atoms with van der Waals surface area (Å²) in [5, 5.41) is 4.04. The zero-order valence-electron chi connectivity index (χ0n) is 22.2. The van der Waals surface area contributed by atoms with E-state index >= 15 is 4.39 Å². The molecule has 0 saturated carbocycles. The molecule has 4 rings (SSSR count). The van der Waals surface area contributed by atoms with Crippen LogP contribution >= 0.6 is 0 Å². The summed E-state index contributed by atoms with van der Waals surface area (Å²) in [6, 6.07) is 10.8. The smallest absolute Gasteiger partial charge is 0.137 e. The maximum absolute atomic E-state index is 15.2. The molecule has 4 nitrogen and oxygen atoms in total. The zero-order chi connectivity index (χ0) is 27.4. The highest BCUT2D eigenvalue weighted by atomic mass is 19.1. The number of aromatic nitrogens is 3. The highest BCUT2D eigenvalue weighted by Crippen LogP contribution is 2.29. The average molecular weight is 511 g/mol. The van der Waals surface area contributed by atoms with Gasteiger partial charge in [0.05, 0.1) is 11.9 Å². The second-order valence-corrected chi connectivity index (χ2v) is 10.1. The Morgan fingerprint density at radius 1 is 1.11 bits per heavy atom. The molecular formula is C32H32F2N4. The molecule has 0 radical (unpaired) electrons. The number of fused-ring (bicyclic) bond motifs is 1. The van der Waals surface area contributed by atoms with E-state index in [0.717, 1.165) is 27.9 Å². The number of aromatic amines is 1. The van der Waals surface area contributed by atoms with E-state index < -0.39 is 5.67 Å². The normalized spacial score (nSPS) is 11.9. The number of nitrogens with zero attached hydrogens (tertiary/aromatic N) is 2. The minimum absolute atomic E-state index is 0.341. The molecule has 194 valence electrons. The SMILES string of the molecule is C=C/C=C(\C=C(C)C)c1cc2cc(-c3ccc(CC(=C)Nc4cncc(C(C)(C)F)c4)cc3F)cnc2[nH]1. The van der Waals surface area contributed by atoms with E-state index in [1.165, 1.54) is 31.7 Å². The molecular weight excluding hydrogens is 478 g/mol. The van der Waals surface area contributed by atoms with Crippen molar-refractivity contribution in [3.8, 4) is 11.1 Å². The van der Waals surface area contributed by atoms with Crippen molar-refractivity contribution in [1.29, 1.82) is 0 Å². The second-order valence-electron chi connectivity index (χ2n) is 10.1. The van der Waals surface area contributed by atoms with Gasteiger partial charge in [0.15, 0.2) is 0 Å². The number of H-pyrrole nitrogens is 1. The van der Waals surface area contributed by atoms with Crippen molar-refractivity contribution in [3.63, 3.8) is 0 Å². The van der Waals surface area contributed by atoms with Crippen LogP contribution in [0.25, 0.3) is 27.7 Å². The molecule has 0 spiro atoms. The summed E-state index contributed by atoms with van der Waals surface area (Å²) in [4.78, 5) is 12.0. The highest BCUT2D eigenvalue weighted by Gasteiger charge is 2.19. The molecule has 3 aromatic heterocycles. The molecule has 1 aromatic carbocycles. The first-order valence-electron chi connectivity index (χ1n) is 12.4. The van der Waals surface area contributed by atoms with E-state index in [4.69, 9.17) is 0 Å². The van der Waals surface area contributed by atoms with Crippen molar-refractivity contribution in [1.82, 2.24) is 15.0 Å². The lowest BCUT2D eigenvalue weighted by molar-refractivity contribution is 0.221. The van der Waals surface area contributed by atoms with Crippen LogP contribution in [-0.4, -0.2) is 15.0 Å². The maximum atomic E-state index is 15.2. The Bertz CT molecular complexity index is 1560. The Kier molecular flexibility index (Phi) is 7.72. The predicted molar refractivity (Wildman–Crippen MR) is 154 cm³/mol. The van der Waals surface area contributed by atoms with Crippen LogP contribution in [0.15, 0.2) is 97.6 Å². The number of allylic oxidation sites excluding steroid dienone is 6. The van der Waals surface area contributed by atoms with Gasteiger partial charge in [-0.1, -0.05) is 49.1 Å². The Morgan fingerprint density at radius 3 is 2.58 bits per heavy atom. The van der Waals surface area contributed by atoms with Crippen LogP contribution in [0.1, 0.15) is 44.5 Å². The van der Waals surface area contributed by atoms with Crippen LogP contribution in [-0.2, 0) is 12.1 Å². The third-order valence-corrected chi connectivity index (χ3v) is 6.03. The van der Waals surface area contributed by atoms with Crippen molar-refractivity contribution in [3.05, 3.63) is 120 Å². The lowest BCUT2D eigenvalue weighted by Gasteiger charge is -2.16. The molecule has 38 heavy (non-hydrogen) atoms. The molecule has 4 aromatic rings. The van der Waals surface area contributed by atoms with Crippen LogP contribution in [0.2, 0.25) is 0 Å². The van der Waals surface area contributed by atoms with E-state index in [9.17, 15) is 4.39 Å². The van der Waals surface area contributed by atoms with E-state index in [1.807, 2.05) is 38.1 Å². The van der Waals surface area contributed by atoms with Crippen molar-refractivity contribution < 1.29 is 8.78 Å². The molecule has 0 atom stereocenters. The summed E-state index contributed by atoms with van der Waals surface area (Å²) < 4.78 is 29.5. The number of benzene rings is 1. The molecule has 0 aliphatic carbocycles. The van der Waals surface area contributed by atoms with Crippen LogP contribution in [0.5, 0.6) is 0 Å². The zero-order valence-corrected chi connectivity index (χ0v) is 22.2. The fourth-order valence-corrected chi connectivity index (χ4v) is 4.20. The minimum Gasteiger partial charge on any atom is -0.358 e. The molecule has 0 fully saturated rings. The number of hydrogen-bond acceptors (Lipinski definition) is 3. The number of alkyl halides is 1. The molecule has 0 aliphatic rings. The van der Waals surface area contributed by atoms with Crippen LogP contribution in [0.4, 0.5) is 14.5 Å². The van der Waals surface area contributed by atoms with Crippen molar-refractivity contribution in [2.24, 2.45) is 0 Å². The predicted octanol–water partition coefficient (Wildman–Crippen LogP) is 8.67. The third-order valence-electron chi connectivity index (χ3n) is 6.03. The number of rotatable bonds is 9. The van der Waals surface area contributed by atoms with Gasteiger partial charge in [-0.2, -0.15) is 0 Å². The number of hydrogen-bond donors (Lipinski definition) is 2. The van der Waals surface area contributed by atoms with Crippen LogP contribution < -0.4 is 5.32 Å². The topological polar surface area (TPSA) is 53.6 Å². The maximum Gasteiger partial charge on any atom is 0.137 e. The van der Waals surface area contributed by atoms with Gasteiger partial charge in [-0.05, 0) is 63.1 Å². The first kappa shape index (κ1) is 26.7. The van der Waals surface area contributed by atoms with Gasteiger partial charge >= 0.3 is 0 Å². The number of nitrogens with one attached hydrogen (secondary N) is 2. The number of pyridine rings is 2. The molecule has 6 heteroatoms. The van der Waals surface area contributed by atoms with Gasteiger partial charge in [0.1, 0.15) is 17.1 Å². The summed E-state index contributed by atoms with van der Waals surface area (Å²) in [7, 11) is 0. The lowest BCUT2D eigenvalue weighted by atomic mass is 10.0. The molecule has 0 aliphatic heterocycles. The quantitative estimate of drug-likeness (QED) is 0.222. The molecule has 0 amide bonds. The fourth-order valence-electron chi connectivity index (χ4n) is 4.20. The van der Waals surface area contributed by atoms with Gasteiger partial charge < -0.3 is 10.3 Å². The number of halogens is 2. The fraction of sp³-hybridized carbons (Fsp3) is 0.188. The molecule has 2 N–H and O–H groups in total. The van der Waals surface area contributed by atoms with Crippen molar-refractivity contribution in [2.75, 3.05) is 5.32 Å². The van der Waals surface area contributed by atoms with Gasteiger partial charge in [0, 0.05) is 52.3 Å². The molecule has 0 saturated heterocycles. The van der Waals surface area contributed by atoms with E-state index in [0.29, 0.717) is 34.5 Å².